The van der Waals surface area contributed by atoms with Gasteiger partial charge in [0.15, 0.2) is 0 Å². The van der Waals surface area contributed by atoms with Crippen LogP contribution in [0.25, 0.3) is 22.0 Å². The summed E-state index contributed by atoms with van der Waals surface area (Å²) >= 11 is 0. The van der Waals surface area contributed by atoms with Gasteiger partial charge in [0, 0.05) is 19.0 Å². The molecule has 0 aliphatic carbocycles. The Morgan fingerprint density at radius 2 is 1.89 bits per heavy atom. The van der Waals surface area contributed by atoms with Crippen LogP contribution in [0.4, 0.5) is 0 Å². The van der Waals surface area contributed by atoms with Crippen LogP contribution in [0.15, 0.2) is 54.7 Å². The third-order valence-corrected chi connectivity index (χ3v) is 4.89. The summed E-state index contributed by atoms with van der Waals surface area (Å²) in [6.07, 6.45) is 3.66. The fourth-order valence-electron chi connectivity index (χ4n) is 3.39. The number of amides is 1. The van der Waals surface area contributed by atoms with E-state index in [-0.39, 0.29) is 5.91 Å². The summed E-state index contributed by atoms with van der Waals surface area (Å²) in [5.41, 5.74) is 6.12. The minimum Gasteiger partial charge on any atom is -0.351 e. The lowest BCUT2D eigenvalue weighted by Gasteiger charge is -2.07. The lowest BCUT2D eigenvalue weighted by Crippen LogP contribution is -2.26. The zero-order valence-corrected chi connectivity index (χ0v) is 16.1. The Labute approximate surface area is 163 Å². The van der Waals surface area contributed by atoms with Crippen LogP contribution < -0.4 is 5.32 Å². The number of fused-ring (bicyclic) bond motifs is 1. The lowest BCUT2D eigenvalue weighted by atomic mass is 10.0. The quantitative estimate of drug-likeness (QED) is 0.507. The number of aryl methyl sites for hydroxylation is 3. The molecule has 4 aromatic rings. The maximum absolute atomic E-state index is 12.2. The summed E-state index contributed by atoms with van der Waals surface area (Å²) in [7, 11) is 1.79. The molecule has 0 saturated heterocycles. The van der Waals surface area contributed by atoms with Gasteiger partial charge in [-0.15, -0.1) is 0 Å². The number of hydrogen-bond donors (Lipinski definition) is 2. The number of carbonyl (C=O) groups excluding carboxylic acids is 1. The van der Waals surface area contributed by atoms with Gasteiger partial charge in [0.25, 0.3) is 5.91 Å². The predicted molar refractivity (Wildman–Crippen MR) is 110 cm³/mol. The number of aromatic amines is 1. The molecule has 0 atom stereocenters. The highest BCUT2D eigenvalue weighted by Crippen LogP contribution is 2.24. The van der Waals surface area contributed by atoms with Gasteiger partial charge in [-0.2, -0.15) is 10.2 Å². The number of rotatable bonds is 6. The largest absolute Gasteiger partial charge is 0.351 e. The summed E-state index contributed by atoms with van der Waals surface area (Å²) in [6.45, 7) is 2.52. The van der Waals surface area contributed by atoms with E-state index >= 15 is 0 Å². The van der Waals surface area contributed by atoms with Gasteiger partial charge in [0.1, 0.15) is 5.69 Å². The molecule has 2 N–H and O–H groups in total. The molecule has 6 nitrogen and oxygen atoms in total. The molecule has 0 spiro atoms. The number of hydrogen-bond acceptors (Lipinski definition) is 3. The summed E-state index contributed by atoms with van der Waals surface area (Å²) in [5.74, 6) is -0.0758. The number of aromatic nitrogens is 4. The van der Waals surface area contributed by atoms with Gasteiger partial charge in [-0.05, 0) is 54.7 Å². The Bertz CT molecular complexity index is 1110. The zero-order chi connectivity index (χ0) is 19.5. The molecule has 0 aliphatic rings. The van der Waals surface area contributed by atoms with Crippen molar-refractivity contribution in [1.29, 1.82) is 0 Å². The second-order valence-electron chi connectivity index (χ2n) is 7.02. The minimum atomic E-state index is -0.0758. The van der Waals surface area contributed by atoms with Crippen molar-refractivity contribution in [2.24, 2.45) is 7.05 Å². The Hall–Kier alpha value is -3.41. The molecule has 0 unspecified atom stereocenters. The maximum Gasteiger partial charge on any atom is 0.269 e. The molecule has 0 saturated carbocycles. The summed E-state index contributed by atoms with van der Waals surface area (Å²) in [4.78, 5) is 12.2. The minimum absolute atomic E-state index is 0.0758. The smallest absolute Gasteiger partial charge is 0.269 e. The monoisotopic (exact) mass is 373 g/mol. The molecule has 0 bridgehead atoms. The topological polar surface area (TPSA) is 75.6 Å². The summed E-state index contributed by atoms with van der Waals surface area (Å²) < 4.78 is 1.62. The van der Waals surface area contributed by atoms with E-state index in [0.717, 1.165) is 29.4 Å². The standard InChI is InChI=1S/C22H23N5O/c1-15-12-21(27(2)26-15)22(28)23-11-3-4-16-5-7-17(8-6-16)18-9-10-20-19(13-18)14-24-25-20/h5-10,12-14H,3-4,11H2,1-2H3,(H,23,28)(H,24,25). The molecule has 6 heteroatoms. The molecule has 28 heavy (non-hydrogen) atoms. The van der Waals surface area contributed by atoms with E-state index in [9.17, 15) is 4.79 Å². The molecule has 2 aromatic heterocycles. The van der Waals surface area contributed by atoms with Crippen molar-refractivity contribution in [3.05, 3.63) is 71.7 Å². The average molecular weight is 373 g/mol. The van der Waals surface area contributed by atoms with Crippen LogP contribution in [-0.4, -0.2) is 32.4 Å². The molecular formula is C22H23N5O. The predicted octanol–water partition coefficient (Wildman–Crippen LogP) is 3.63. The van der Waals surface area contributed by atoms with Gasteiger partial charge in [0.05, 0.1) is 17.4 Å². The fourth-order valence-corrected chi connectivity index (χ4v) is 3.39. The Morgan fingerprint density at radius 3 is 2.64 bits per heavy atom. The number of carbonyl (C=O) groups is 1. The molecule has 2 heterocycles. The summed E-state index contributed by atoms with van der Waals surface area (Å²) in [5, 5.41) is 15.3. The first kappa shape index (κ1) is 18.0. The van der Waals surface area contributed by atoms with E-state index in [2.05, 4.69) is 63.1 Å². The van der Waals surface area contributed by atoms with Crippen LogP contribution in [0, 0.1) is 6.92 Å². The Morgan fingerprint density at radius 1 is 1.11 bits per heavy atom. The van der Waals surface area contributed by atoms with Gasteiger partial charge in [-0.1, -0.05) is 30.3 Å². The molecule has 2 aromatic carbocycles. The van der Waals surface area contributed by atoms with Gasteiger partial charge < -0.3 is 5.32 Å². The fraction of sp³-hybridized carbons (Fsp3) is 0.227. The van der Waals surface area contributed by atoms with Crippen molar-refractivity contribution in [3.63, 3.8) is 0 Å². The van der Waals surface area contributed by atoms with Crippen molar-refractivity contribution in [3.8, 4) is 11.1 Å². The Kier molecular flexibility index (Phi) is 4.93. The van der Waals surface area contributed by atoms with E-state index in [4.69, 9.17) is 0 Å². The van der Waals surface area contributed by atoms with Crippen LogP contribution in [0.1, 0.15) is 28.2 Å². The summed E-state index contributed by atoms with van der Waals surface area (Å²) in [6, 6.07) is 16.7. The second kappa shape index (κ2) is 7.68. The number of nitrogens with one attached hydrogen (secondary N) is 2. The second-order valence-corrected chi connectivity index (χ2v) is 7.02. The first-order valence-corrected chi connectivity index (χ1v) is 9.41. The van der Waals surface area contributed by atoms with E-state index in [1.807, 2.05) is 13.1 Å². The van der Waals surface area contributed by atoms with Gasteiger partial charge in [-0.3, -0.25) is 14.6 Å². The number of nitrogens with zero attached hydrogens (tertiary/aromatic N) is 3. The van der Waals surface area contributed by atoms with E-state index in [1.165, 1.54) is 16.7 Å². The average Bonchev–Trinajstić information content (AvgIpc) is 3.30. The van der Waals surface area contributed by atoms with Crippen molar-refractivity contribution in [2.45, 2.75) is 19.8 Å². The van der Waals surface area contributed by atoms with Gasteiger partial charge >= 0.3 is 0 Å². The highest BCUT2D eigenvalue weighted by Gasteiger charge is 2.10. The van der Waals surface area contributed by atoms with Crippen LogP contribution in [0.2, 0.25) is 0 Å². The van der Waals surface area contributed by atoms with E-state index < -0.39 is 0 Å². The van der Waals surface area contributed by atoms with Crippen molar-refractivity contribution in [1.82, 2.24) is 25.3 Å². The zero-order valence-electron chi connectivity index (χ0n) is 16.1. The normalized spacial score (nSPS) is 11.1. The van der Waals surface area contributed by atoms with Crippen molar-refractivity contribution in [2.75, 3.05) is 6.54 Å². The highest BCUT2D eigenvalue weighted by atomic mass is 16.2. The van der Waals surface area contributed by atoms with Gasteiger partial charge in [-0.25, -0.2) is 0 Å². The first-order valence-electron chi connectivity index (χ1n) is 9.41. The Balaban J connectivity index is 1.31. The number of H-pyrrole nitrogens is 1. The highest BCUT2D eigenvalue weighted by molar-refractivity contribution is 5.92. The van der Waals surface area contributed by atoms with E-state index in [1.54, 1.807) is 17.8 Å². The van der Waals surface area contributed by atoms with Gasteiger partial charge in [0.2, 0.25) is 0 Å². The SMILES string of the molecule is Cc1cc(C(=O)NCCCc2ccc(-c3ccc4[nH]ncc4c3)cc2)n(C)n1. The van der Waals surface area contributed by atoms with Crippen LogP contribution in [0.3, 0.4) is 0 Å². The number of benzene rings is 2. The van der Waals surface area contributed by atoms with Crippen LogP contribution in [-0.2, 0) is 13.5 Å². The maximum atomic E-state index is 12.2. The van der Waals surface area contributed by atoms with Crippen molar-refractivity contribution >= 4 is 16.8 Å². The molecule has 1 amide bonds. The third kappa shape index (κ3) is 3.81. The molecule has 142 valence electrons. The molecule has 0 radical (unpaired) electrons. The lowest BCUT2D eigenvalue weighted by molar-refractivity contribution is 0.0944. The molecule has 0 fully saturated rings. The van der Waals surface area contributed by atoms with E-state index in [0.29, 0.717) is 12.2 Å². The third-order valence-electron chi connectivity index (χ3n) is 4.89. The van der Waals surface area contributed by atoms with Crippen LogP contribution >= 0.6 is 0 Å². The molecule has 0 aliphatic heterocycles. The molecular weight excluding hydrogens is 350 g/mol. The molecule has 4 rings (SSSR count). The van der Waals surface area contributed by atoms with Crippen LogP contribution in [0.5, 0.6) is 0 Å². The first-order chi connectivity index (χ1) is 13.6. The van der Waals surface area contributed by atoms with Crippen molar-refractivity contribution < 1.29 is 4.79 Å².